The van der Waals surface area contributed by atoms with Crippen LogP contribution in [-0.4, -0.2) is 29.3 Å². The summed E-state index contributed by atoms with van der Waals surface area (Å²) in [6, 6.07) is 13.4. The summed E-state index contributed by atoms with van der Waals surface area (Å²) in [4.78, 5) is 10.9. The van der Waals surface area contributed by atoms with Gasteiger partial charge in [0.1, 0.15) is 4.90 Å². The van der Waals surface area contributed by atoms with Gasteiger partial charge in [-0.1, -0.05) is 30.3 Å². The van der Waals surface area contributed by atoms with E-state index in [4.69, 9.17) is 5.11 Å². The van der Waals surface area contributed by atoms with Gasteiger partial charge in [0.25, 0.3) is 10.0 Å². The summed E-state index contributed by atoms with van der Waals surface area (Å²) in [5.74, 6) is -1.13. The molecule has 0 saturated heterocycles. The molecule has 0 amide bonds. The van der Waals surface area contributed by atoms with Crippen molar-refractivity contribution >= 4 is 37.6 Å². The molecule has 0 saturated carbocycles. The summed E-state index contributed by atoms with van der Waals surface area (Å²) in [5, 5.41) is 13.1. The number of sulfonamides is 1. The molecule has 0 atom stereocenters. The summed E-state index contributed by atoms with van der Waals surface area (Å²) >= 11 is 3.11. The first-order valence-corrected chi connectivity index (χ1v) is 9.75. The van der Waals surface area contributed by atoms with Crippen LogP contribution in [0.2, 0.25) is 0 Å². The van der Waals surface area contributed by atoms with E-state index >= 15 is 0 Å². The number of rotatable bonds is 6. The smallest absolute Gasteiger partial charge is 0.335 e. The number of carboxylic acids is 1. The van der Waals surface area contributed by atoms with E-state index in [2.05, 4.69) is 25.8 Å². The minimum Gasteiger partial charge on any atom is -0.478 e. The third-order valence-electron chi connectivity index (χ3n) is 3.54. The van der Waals surface area contributed by atoms with Gasteiger partial charge >= 0.3 is 5.97 Å². The SMILES string of the molecule is O=C(O)c1ccc(S(=O)(=O)Nc2cnn(Cc3ccccc3)c2)c(Br)c1. The van der Waals surface area contributed by atoms with E-state index < -0.39 is 16.0 Å². The molecule has 0 radical (unpaired) electrons. The molecular weight excluding hydrogens is 422 g/mol. The van der Waals surface area contributed by atoms with Crippen molar-refractivity contribution in [2.45, 2.75) is 11.4 Å². The third kappa shape index (κ3) is 4.12. The Morgan fingerprint density at radius 3 is 2.58 bits per heavy atom. The molecule has 0 fully saturated rings. The molecule has 7 nitrogen and oxygen atoms in total. The van der Waals surface area contributed by atoms with E-state index in [0.29, 0.717) is 12.2 Å². The average molecular weight is 436 g/mol. The number of nitrogens with one attached hydrogen (secondary N) is 1. The predicted molar refractivity (Wildman–Crippen MR) is 99.7 cm³/mol. The number of carbonyl (C=O) groups is 1. The summed E-state index contributed by atoms with van der Waals surface area (Å²) in [7, 11) is -3.89. The highest BCUT2D eigenvalue weighted by molar-refractivity contribution is 9.10. The second-order valence-electron chi connectivity index (χ2n) is 5.47. The molecule has 0 spiro atoms. The van der Waals surface area contributed by atoms with Gasteiger partial charge in [-0.3, -0.25) is 9.40 Å². The normalized spacial score (nSPS) is 11.3. The highest BCUT2D eigenvalue weighted by Crippen LogP contribution is 2.25. The zero-order valence-electron chi connectivity index (χ0n) is 13.3. The Labute approximate surface area is 158 Å². The standard InChI is InChI=1S/C17H14BrN3O4S/c18-15-8-13(17(22)23)6-7-16(15)26(24,25)20-14-9-19-21(11-14)10-12-4-2-1-3-5-12/h1-9,11,20H,10H2,(H,22,23). The van der Waals surface area contributed by atoms with Crippen LogP contribution in [0.5, 0.6) is 0 Å². The molecule has 2 N–H and O–H groups in total. The predicted octanol–water partition coefficient (Wildman–Crippen LogP) is 3.19. The van der Waals surface area contributed by atoms with Crippen molar-refractivity contribution in [2.24, 2.45) is 0 Å². The van der Waals surface area contributed by atoms with Crippen molar-refractivity contribution in [2.75, 3.05) is 4.72 Å². The van der Waals surface area contributed by atoms with Crippen LogP contribution < -0.4 is 4.72 Å². The Hall–Kier alpha value is -2.65. The average Bonchev–Trinajstić information content (AvgIpc) is 3.01. The maximum atomic E-state index is 12.5. The van der Waals surface area contributed by atoms with Crippen molar-refractivity contribution in [3.8, 4) is 0 Å². The summed E-state index contributed by atoms with van der Waals surface area (Å²) < 4.78 is 29.3. The first kappa shape index (κ1) is 18.2. The lowest BCUT2D eigenvalue weighted by Gasteiger charge is -2.08. The number of benzene rings is 2. The molecule has 2 aromatic carbocycles. The summed E-state index contributed by atoms with van der Waals surface area (Å²) in [5.41, 5.74) is 1.35. The Morgan fingerprint density at radius 2 is 1.92 bits per heavy atom. The summed E-state index contributed by atoms with van der Waals surface area (Å²) in [6.07, 6.45) is 3.00. The highest BCUT2D eigenvalue weighted by atomic mass is 79.9. The molecule has 0 aliphatic heterocycles. The van der Waals surface area contributed by atoms with Crippen molar-refractivity contribution in [3.05, 3.63) is 76.5 Å². The topological polar surface area (TPSA) is 101 Å². The van der Waals surface area contributed by atoms with Crippen LogP contribution >= 0.6 is 15.9 Å². The van der Waals surface area contributed by atoms with Gasteiger partial charge in [-0.2, -0.15) is 5.10 Å². The molecule has 1 aromatic heterocycles. The second kappa shape index (κ2) is 7.30. The molecule has 3 rings (SSSR count). The highest BCUT2D eigenvalue weighted by Gasteiger charge is 2.20. The van der Waals surface area contributed by atoms with Crippen molar-refractivity contribution < 1.29 is 18.3 Å². The zero-order valence-corrected chi connectivity index (χ0v) is 15.7. The fourth-order valence-electron chi connectivity index (χ4n) is 2.34. The van der Waals surface area contributed by atoms with Gasteiger partial charge < -0.3 is 5.11 Å². The number of hydrogen-bond acceptors (Lipinski definition) is 4. The van der Waals surface area contributed by atoms with Gasteiger partial charge in [0.15, 0.2) is 0 Å². The minimum atomic E-state index is -3.89. The fraction of sp³-hybridized carbons (Fsp3) is 0.0588. The lowest BCUT2D eigenvalue weighted by Crippen LogP contribution is -2.13. The van der Waals surface area contributed by atoms with E-state index in [1.54, 1.807) is 10.9 Å². The molecule has 9 heteroatoms. The maximum Gasteiger partial charge on any atom is 0.335 e. The number of aromatic nitrogens is 2. The van der Waals surface area contributed by atoms with Gasteiger partial charge in [-0.05, 0) is 39.7 Å². The lowest BCUT2D eigenvalue weighted by molar-refractivity contribution is 0.0696. The van der Waals surface area contributed by atoms with Crippen LogP contribution in [0.15, 0.2) is 70.3 Å². The molecule has 3 aromatic rings. The molecule has 134 valence electrons. The van der Waals surface area contributed by atoms with Crippen LogP contribution in [0.25, 0.3) is 0 Å². The van der Waals surface area contributed by atoms with E-state index in [0.717, 1.165) is 5.56 Å². The lowest BCUT2D eigenvalue weighted by atomic mass is 10.2. The minimum absolute atomic E-state index is 0.00787. The van der Waals surface area contributed by atoms with Gasteiger partial charge in [0.2, 0.25) is 0 Å². The molecule has 0 aliphatic rings. The van der Waals surface area contributed by atoms with Gasteiger partial charge in [0.05, 0.1) is 24.0 Å². The number of nitrogens with zero attached hydrogens (tertiary/aromatic N) is 2. The van der Waals surface area contributed by atoms with Crippen molar-refractivity contribution in [1.82, 2.24) is 9.78 Å². The molecule has 0 bridgehead atoms. The van der Waals surface area contributed by atoms with Gasteiger partial charge in [0, 0.05) is 10.7 Å². The monoisotopic (exact) mass is 435 g/mol. The van der Waals surface area contributed by atoms with E-state index in [9.17, 15) is 13.2 Å². The molecule has 0 unspecified atom stereocenters. The largest absolute Gasteiger partial charge is 0.478 e. The van der Waals surface area contributed by atoms with Crippen LogP contribution in [0.4, 0.5) is 5.69 Å². The Kier molecular flexibility index (Phi) is 5.10. The number of hydrogen-bond donors (Lipinski definition) is 2. The first-order chi connectivity index (χ1) is 12.3. The number of halogens is 1. The molecule has 1 heterocycles. The van der Waals surface area contributed by atoms with E-state index in [1.165, 1.54) is 24.4 Å². The number of aromatic carboxylic acids is 1. The molecule has 26 heavy (non-hydrogen) atoms. The zero-order chi connectivity index (χ0) is 18.7. The van der Waals surface area contributed by atoms with Crippen molar-refractivity contribution in [3.63, 3.8) is 0 Å². The van der Waals surface area contributed by atoms with Gasteiger partial charge in [-0.15, -0.1) is 0 Å². The van der Waals surface area contributed by atoms with Crippen LogP contribution in [0.3, 0.4) is 0 Å². The van der Waals surface area contributed by atoms with Gasteiger partial charge in [-0.25, -0.2) is 13.2 Å². The summed E-state index contributed by atoms with van der Waals surface area (Å²) in [6.45, 7) is 0.513. The van der Waals surface area contributed by atoms with Crippen molar-refractivity contribution in [1.29, 1.82) is 0 Å². The number of carboxylic acid groups (broad SMARTS) is 1. The van der Waals surface area contributed by atoms with Crippen LogP contribution in [0.1, 0.15) is 15.9 Å². The second-order valence-corrected chi connectivity index (χ2v) is 7.97. The number of anilines is 1. The Morgan fingerprint density at radius 1 is 1.19 bits per heavy atom. The van der Waals surface area contributed by atoms with E-state index in [-0.39, 0.29) is 14.9 Å². The Bertz CT molecular complexity index is 1050. The fourth-order valence-corrected chi connectivity index (χ4v) is 4.44. The Balaban J connectivity index is 1.79. The van der Waals surface area contributed by atoms with E-state index in [1.807, 2.05) is 30.3 Å². The molecular formula is C17H14BrN3O4S. The van der Waals surface area contributed by atoms with Crippen LogP contribution in [-0.2, 0) is 16.6 Å². The third-order valence-corrected chi connectivity index (χ3v) is 5.90. The quantitative estimate of drug-likeness (QED) is 0.618. The maximum absolute atomic E-state index is 12.5. The van der Waals surface area contributed by atoms with Crippen LogP contribution in [0, 0.1) is 0 Å². The first-order valence-electron chi connectivity index (χ1n) is 7.47. The molecule has 0 aliphatic carbocycles.